The minimum absolute atomic E-state index is 0.151. The van der Waals surface area contributed by atoms with E-state index < -0.39 is 10.0 Å². The number of hydrogen-bond donors (Lipinski definition) is 1. The third-order valence-electron chi connectivity index (χ3n) is 2.18. The van der Waals surface area contributed by atoms with Crippen molar-refractivity contribution in [1.29, 1.82) is 0 Å². The highest BCUT2D eigenvalue weighted by atomic mass is 35.5. The highest BCUT2D eigenvalue weighted by molar-refractivity contribution is 7.95. The van der Waals surface area contributed by atoms with Crippen LogP contribution in [0.2, 0.25) is 5.02 Å². The number of halogens is 1. The van der Waals surface area contributed by atoms with E-state index in [-0.39, 0.29) is 5.82 Å². The van der Waals surface area contributed by atoms with Gasteiger partial charge < -0.3 is 4.52 Å². The molecule has 2 rings (SSSR count). The van der Waals surface area contributed by atoms with Gasteiger partial charge in [0.15, 0.2) is 5.82 Å². The Labute approximate surface area is 115 Å². The number of rotatable bonds is 4. The predicted octanol–water partition coefficient (Wildman–Crippen LogP) is 3.05. The lowest BCUT2D eigenvalue weighted by atomic mass is 10.2. The summed E-state index contributed by atoms with van der Waals surface area (Å²) < 4.78 is 30.5. The predicted molar refractivity (Wildman–Crippen MR) is 74.3 cm³/mol. The Morgan fingerprint density at radius 2 is 2.00 bits per heavy atom. The topological polar surface area (TPSA) is 72.2 Å². The van der Waals surface area contributed by atoms with Crippen LogP contribution in [0.1, 0.15) is 11.3 Å². The lowest BCUT2D eigenvalue weighted by molar-refractivity contribution is 0.400. The molecule has 0 aliphatic carbocycles. The van der Waals surface area contributed by atoms with Crippen LogP contribution in [0.4, 0.5) is 5.82 Å². The van der Waals surface area contributed by atoms with E-state index >= 15 is 0 Å². The molecule has 0 saturated heterocycles. The number of sulfonamides is 1. The highest BCUT2D eigenvalue weighted by Crippen LogP contribution is 2.13. The van der Waals surface area contributed by atoms with Gasteiger partial charge in [-0.05, 0) is 30.7 Å². The lowest BCUT2D eigenvalue weighted by Crippen LogP contribution is -2.08. The molecular formula is C12H11ClN2O3S. The first-order chi connectivity index (χ1) is 8.94. The molecule has 1 aromatic heterocycles. The Hall–Kier alpha value is -1.79. The van der Waals surface area contributed by atoms with Gasteiger partial charge in [-0.3, -0.25) is 4.72 Å². The summed E-state index contributed by atoms with van der Waals surface area (Å²) in [6, 6.07) is 8.29. The molecule has 0 amide bonds. The molecule has 0 unspecified atom stereocenters. The van der Waals surface area contributed by atoms with Gasteiger partial charge in [0.1, 0.15) is 5.76 Å². The summed E-state index contributed by atoms with van der Waals surface area (Å²) in [6.07, 6.45) is 1.46. The molecule has 0 atom stereocenters. The Bertz CT molecular complexity index is 690. The largest absolute Gasteiger partial charge is 0.360 e. The SMILES string of the molecule is Cc1cc(NS(=O)(=O)/C=C/c2ccc(Cl)cc2)no1. The second-order valence-electron chi connectivity index (χ2n) is 3.82. The van der Waals surface area contributed by atoms with Crippen LogP contribution >= 0.6 is 11.6 Å². The summed E-state index contributed by atoms with van der Waals surface area (Å²) in [7, 11) is -3.62. The molecule has 19 heavy (non-hydrogen) atoms. The Morgan fingerprint density at radius 1 is 1.32 bits per heavy atom. The molecule has 0 bridgehead atoms. The Balaban J connectivity index is 2.10. The van der Waals surface area contributed by atoms with Crippen molar-refractivity contribution < 1.29 is 12.9 Å². The second kappa shape index (κ2) is 5.46. The van der Waals surface area contributed by atoms with E-state index in [0.29, 0.717) is 10.8 Å². The first kappa shape index (κ1) is 13.6. The fourth-order valence-electron chi connectivity index (χ4n) is 1.34. The quantitative estimate of drug-likeness (QED) is 0.941. The van der Waals surface area contributed by atoms with E-state index in [2.05, 4.69) is 9.88 Å². The lowest BCUT2D eigenvalue weighted by Gasteiger charge is -1.98. The minimum atomic E-state index is -3.62. The average Bonchev–Trinajstić information content (AvgIpc) is 2.73. The molecule has 1 aromatic carbocycles. The Kier molecular flexibility index (Phi) is 3.92. The zero-order valence-electron chi connectivity index (χ0n) is 10.00. The number of nitrogens with one attached hydrogen (secondary N) is 1. The van der Waals surface area contributed by atoms with E-state index in [0.717, 1.165) is 11.0 Å². The van der Waals surface area contributed by atoms with Crippen LogP contribution in [0.3, 0.4) is 0 Å². The summed E-state index contributed by atoms with van der Waals surface area (Å²) in [6.45, 7) is 1.67. The van der Waals surface area contributed by atoms with Crippen molar-refractivity contribution in [3.05, 3.63) is 52.1 Å². The van der Waals surface area contributed by atoms with Crippen LogP contribution in [-0.2, 0) is 10.0 Å². The third kappa shape index (κ3) is 4.11. The fraction of sp³-hybridized carbons (Fsp3) is 0.0833. The summed E-state index contributed by atoms with van der Waals surface area (Å²) in [4.78, 5) is 0. The van der Waals surface area contributed by atoms with Gasteiger partial charge in [-0.25, -0.2) is 8.42 Å². The molecule has 2 aromatic rings. The number of aryl methyl sites for hydroxylation is 1. The maximum atomic E-state index is 11.7. The van der Waals surface area contributed by atoms with Crippen molar-refractivity contribution in [2.24, 2.45) is 0 Å². The molecule has 0 saturated carbocycles. The molecule has 100 valence electrons. The number of hydrogen-bond acceptors (Lipinski definition) is 4. The molecule has 0 aliphatic heterocycles. The molecule has 0 spiro atoms. The van der Waals surface area contributed by atoms with E-state index in [1.807, 2.05) is 0 Å². The molecular weight excluding hydrogens is 288 g/mol. The van der Waals surface area contributed by atoms with Crippen LogP contribution in [0.25, 0.3) is 6.08 Å². The second-order valence-corrected chi connectivity index (χ2v) is 5.83. The fourth-order valence-corrected chi connectivity index (χ4v) is 2.25. The molecule has 1 N–H and O–H groups in total. The first-order valence-electron chi connectivity index (χ1n) is 5.34. The minimum Gasteiger partial charge on any atom is -0.360 e. The molecule has 0 aliphatic rings. The normalized spacial score (nSPS) is 11.9. The number of benzene rings is 1. The molecule has 0 radical (unpaired) electrons. The van der Waals surface area contributed by atoms with Gasteiger partial charge in [-0.1, -0.05) is 28.9 Å². The molecule has 0 fully saturated rings. The number of anilines is 1. The number of nitrogens with zero attached hydrogens (tertiary/aromatic N) is 1. The average molecular weight is 299 g/mol. The van der Waals surface area contributed by atoms with Gasteiger partial charge in [-0.15, -0.1) is 0 Å². The Morgan fingerprint density at radius 3 is 2.58 bits per heavy atom. The van der Waals surface area contributed by atoms with Crippen LogP contribution < -0.4 is 4.72 Å². The van der Waals surface area contributed by atoms with Crippen LogP contribution in [-0.4, -0.2) is 13.6 Å². The maximum Gasteiger partial charge on any atom is 0.256 e. The van der Waals surface area contributed by atoms with Crippen molar-refractivity contribution in [3.8, 4) is 0 Å². The van der Waals surface area contributed by atoms with E-state index in [1.54, 1.807) is 31.2 Å². The van der Waals surface area contributed by atoms with E-state index in [4.69, 9.17) is 16.1 Å². The van der Waals surface area contributed by atoms with Crippen LogP contribution in [0.5, 0.6) is 0 Å². The summed E-state index contributed by atoms with van der Waals surface area (Å²) >= 11 is 5.74. The highest BCUT2D eigenvalue weighted by Gasteiger charge is 2.08. The van der Waals surface area contributed by atoms with Gasteiger partial charge >= 0.3 is 0 Å². The summed E-state index contributed by atoms with van der Waals surface area (Å²) in [5, 5.41) is 5.20. The summed E-state index contributed by atoms with van der Waals surface area (Å²) in [5.74, 6) is 0.678. The zero-order valence-corrected chi connectivity index (χ0v) is 11.6. The smallest absolute Gasteiger partial charge is 0.256 e. The standard InChI is InChI=1S/C12H11ClN2O3S/c1-9-8-12(14-18-9)15-19(16,17)7-6-10-2-4-11(13)5-3-10/h2-8H,1H3,(H,14,15)/b7-6+. The third-order valence-corrected chi connectivity index (χ3v) is 3.42. The van der Waals surface area contributed by atoms with Crippen LogP contribution in [0.15, 0.2) is 40.3 Å². The van der Waals surface area contributed by atoms with E-state index in [9.17, 15) is 8.42 Å². The molecule has 7 heteroatoms. The van der Waals surface area contributed by atoms with Gasteiger partial charge in [0.05, 0.1) is 5.41 Å². The summed E-state index contributed by atoms with van der Waals surface area (Å²) in [5.41, 5.74) is 0.728. The van der Waals surface area contributed by atoms with Crippen molar-refractivity contribution >= 4 is 33.5 Å². The van der Waals surface area contributed by atoms with Gasteiger partial charge in [0.25, 0.3) is 10.0 Å². The van der Waals surface area contributed by atoms with Gasteiger partial charge in [-0.2, -0.15) is 0 Å². The number of aromatic nitrogens is 1. The monoisotopic (exact) mass is 298 g/mol. The first-order valence-corrected chi connectivity index (χ1v) is 7.27. The van der Waals surface area contributed by atoms with E-state index in [1.165, 1.54) is 12.1 Å². The maximum absolute atomic E-state index is 11.7. The van der Waals surface area contributed by atoms with Gasteiger partial charge in [0, 0.05) is 11.1 Å². The van der Waals surface area contributed by atoms with Crippen molar-refractivity contribution in [3.63, 3.8) is 0 Å². The molecule has 5 nitrogen and oxygen atoms in total. The zero-order chi connectivity index (χ0) is 13.9. The van der Waals surface area contributed by atoms with Crippen LogP contribution in [0, 0.1) is 6.92 Å². The van der Waals surface area contributed by atoms with Crippen molar-refractivity contribution in [1.82, 2.24) is 5.16 Å². The van der Waals surface area contributed by atoms with Crippen molar-refractivity contribution in [2.45, 2.75) is 6.92 Å². The van der Waals surface area contributed by atoms with Crippen molar-refractivity contribution in [2.75, 3.05) is 4.72 Å². The molecule has 1 heterocycles. The van der Waals surface area contributed by atoms with Gasteiger partial charge in [0.2, 0.25) is 0 Å².